The van der Waals surface area contributed by atoms with E-state index in [9.17, 15) is 4.79 Å². The molecule has 2 N–H and O–H groups in total. The zero-order valence-electron chi connectivity index (χ0n) is 12.2. The molecule has 5 heteroatoms. The minimum Gasteiger partial charge on any atom is -0.396 e. The fourth-order valence-corrected chi connectivity index (χ4v) is 3.58. The van der Waals surface area contributed by atoms with Gasteiger partial charge in [0.1, 0.15) is 0 Å². The van der Waals surface area contributed by atoms with E-state index in [0.29, 0.717) is 10.9 Å². The summed E-state index contributed by atoms with van der Waals surface area (Å²) < 4.78 is 0. The summed E-state index contributed by atoms with van der Waals surface area (Å²) in [7, 11) is 0. The number of halogens is 1. The average molecular weight is 328 g/mol. The molecule has 0 heterocycles. The number of thioether (sulfide) groups is 1. The first kappa shape index (κ1) is 16.7. The zero-order chi connectivity index (χ0) is 15.2. The van der Waals surface area contributed by atoms with Gasteiger partial charge in [-0.1, -0.05) is 11.6 Å². The average Bonchev–Trinajstić information content (AvgIpc) is 2.50. The number of aliphatic hydroxyl groups is 1. The van der Waals surface area contributed by atoms with Gasteiger partial charge in [0.2, 0.25) is 5.91 Å². The highest BCUT2D eigenvalue weighted by Crippen LogP contribution is 2.27. The van der Waals surface area contributed by atoms with Gasteiger partial charge in [-0.05, 0) is 62.8 Å². The number of aliphatic hydroxyl groups excluding tert-OH is 1. The minimum absolute atomic E-state index is 0.0856. The summed E-state index contributed by atoms with van der Waals surface area (Å²) in [5, 5.41) is 12.8. The molecule has 116 valence electrons. The predicted molar refractivity (Wildman–Crippen MR) is 87.7 cm³/mol. The first-order chi connectivity index (χ1) is 10.1. The van der Waals surface area contributed by atoms with Crippen molar-refractivity contribution >= 4 is 29.3 Å². The van der Waals surface area contributed by atoms with Gasteiger partial charge in [-0.2, -0.15) is 0 Å². The number of amides is 1. The number of carbonyl (C=O) groups excluding carboxylic acids is 1. The van der Waals surface area contributed by atoms with Gasteiger partial charge >= 0.3 is 0 Å². The van der Waals surface area contributed by atoms with Crippen LogP contribution in [-0.2, 0) is 4.79 Å². The van der Waals surface area contributed by atoms with Crippen LogP contribution in [0.25, 0.3) is 0 Å². The molecule has 1 atom stereocenters. The van der Waals surface area contributed by atoms with E-state index in [1.165, 1.54) is 0 Å². The maximum absolute atomic E-state index is 12.2. The number of hydrogen-bond acceptors (Lipinski definition) is 3. The van der Waals surface area contributed by atoms with E-state index in [1.807, 2.05) is 31.2 Å². The van der Waals surface area contributed by atoms with Crippen LogP contribution in [-0.4, -0.2) is 28.9 Å². The Balaban J connectivity index is 1.78. The summed E-state index contributed by atoms with van der Waals surface area (Å²) in [5.41, 5.74) is 0. The number of nitrogens with one attached hydrogen (secondary N) is 1. The van der Waals surface area contributed by atoms with Crippen LogP contribution in [0.3, 0.4) is 0 Å². The Bertz CT molecular complexity index is 458. The third kappa shape index (κ3) is 5.20. The lowest BCUT2D eigenvalue weighted by Gasteiger charge is -2.28. The molecule has 1 aliphatic rings. The minimum atomic E-state index is -0.123. The summed E-state index contributed by atoms with van der Waals surface area (Å²) in [6.07, 6.45) is 3.94. The first-order valence-electron chi connectivity index (χ1n) is 7.42. The van der Waals surface area contributed by atoms with Gasteiger partial charge in [-0.3, -0.25) is 4.79 Å². The van der Waals surface area contributed by atoms with Gasteiger partial charge in [0.25, 0.3) is 0 Å². The number of benzene rings is 1. The molecule has 3 nitrogen and oxygen atoms in total. The van der Waals surface area contributed by atoms with Crippen molar-refractivity contribution in [3.63, 3.8) is 0 Å². The maximum atomic E-state index is 12.2. The van der Waals surface area contributed by atoms with Crippen LogP contribution in [0, 0.1) is 5.92 Å². The topological polar surface area (TPSA) is 49.3 Å². The Morgan fingerprint density at radius 3 is 2.52 bits per heavy atom. The van der Waals surface area contributed by atoms with Crippen molar-refractivity contribution in [1.29, 1.82) is 0 Å². The highest BCUT2D eigenvalue weighted by atomic mass is 35.5. The summed E-state index contributed by atoms with van der Waals surface area (Å²) in [5.74, 6) is 0.501. The number of carbonyl (C=O) groups is 1. The van der Waals surface area contributed by atoms with E-state index in [0.717, 1.165) is 30.6 Å². The van der Waals surface area contributed by atoms with Crippen molar-refractivity contribution in [2.24, 2.45) is 5.92 Å². The van der Waals surface area contributed by atoms with Crippen LogP contribution in [0.4, 0.5) is 0 Å². The van der Waals surface area contributed by atoms with Gasteiger partial charge in [0, 0.05) is 22.6 Å². The van der Waals surface area contributed by atoms with Crippen molar-refractivity contribution in [3.05, 3.63) is 29.3 Å². The van der Waals surface area contributed by atoms with Crippen LogP contribution in [0.15, 0.2) is 29.2 Å². The van der Waals surface area contributed by atoms with Gasteiger partial charge in [-0.15, -0.1) is 11.8 Å². The largest absolute Gasteiger partial charge is 0.396 e. The molecule has 0 radical (unpaired) electrons. The predicted octanol–water partition coefficient (Wildman–Crippen LogP) is 3.49. The molecule has 1 saturated carbocycles. The monoisotopic (exact) mass is 327 g/mol. The molecular weight excluding hydrogens is 306 g/mol. The van der Waals surface area contributed by atoms with E-state index in [-0.39, 0.29) is 23.8 Å². The van der Waals surface area contributed by atoms with Gasteiger partial charge < -0.3 is 10.4 Å². The standard InChI is InChI=1S/C16H22ClNO2S/c1-11(21-15-8-4-13(17)5-9-15)16(20)18-14-6-2-12(10-19)3-7-14/h4-5,8-9,11-12,14,19H,2-3,6-7,10H2,1H3,(H,18,20). The lowest BCUT2D eigenvalue weighted by atomic mass is 9.86. The molecule has 0 aliphatic heterocycles. The molecule has 1 fully saturated rings. The molecule has 0 bridgehead atoms. The molecule has 0 aromatic heterocycles. The van der Waals surface area contributed by atoms with Gasteiger partial charge in [0.15, 0.2) is 0 Å². The highest BCUT2D eigenvalue weighted by molar-refractivity contribution is 8.00. The molecule has 1 amide bonds. The van der Waals surface area contributed by atoms with E-state index < -0.39 is 0 Å². The molecule has 0 spiro atoms. The van der Waals surface area contributed by atoms with E-state index in [4.69, 9.17) is 16.7 Å². The lowest BCUT2D eigenvalue weighted by Crippen LogP contribution is -2.41. The van der Waals surface area contributed by atoms with Gasteiger partial charge in [0.05, 0.1) is 5.25 Å². The molecule has 1 aromatic carbocycles. The first-order valence-corrected chi connectivity index (χ1v) is 8.67. The maximum Gasteiger partial charge on any atom is 0.233 e. The summed E-state index contributed by atoms with van der Waals surface area (Å²) >= 11 is 7.40. The molecule has 2 rings (SSSR count). The van der Waals surface area contributed by atoms with Crippen LogP contribution < -0.4 is 5.32 Å². The smallest absolute Gasteiger partial charge is 0.233 e. The summed E-state index contributed by atoms with van der Waals surface area (Å²) in [4.78, 5) is 13.3. The Morgan fingerprint density at radius 1 is 1.33 bits per heavy atom. The Kier molecular flexibility index (Phi) is 6.40. The Morgan fingerprint density at radius 2 is 1.95 bits per heavy atom. The van der Waals surface area contributed by atoms with Crippen molar-refractivity contribution in [1.82, 2.24) is 5.32 Å². The Labute approximate surface area is 135 Å². The SMILES string of the molecule is CC(Sc1ccc(Cl)cc1)C(=O)NC1CCC(CO)CC1. The number of hydrogen-bond donors (Lipinski definition) is 2. The van der Waals surface area contributed by atoms with Crippen LogP contribution in [0.5, 0.6) is 0 Å². The highest BCUT2D eigenvalue weighted by Gasteiger charge is 2.24. The summed E-state index contributed by atoms with van der Waals surface area (Å²) in [6.45, 7) is 2.19. The molecule has 1 aromatic rings. The van der Waals surface area contributed by atoms with Crippen molar-refractivity contribution < 1.29 is 9.90 Å². The van der Waals surface area contributed by atoms with E-state index >= 15 is 0 Å². The molecule has 21 heavy (non-hydrogen) atoms. The molecule has 1 unspecified atom stereocenters. The Hall–Kier alpha value is -0.710. The normalized spacial score (nSPS) is 23.6. The zero-order valence-corrected chi connectivity index (χ0v) is 13.8. The van der Waals surface area contributed by atoms with Crippen molar-refractivity contribution in [2.75, 3.05) is 6.61 Å². The van der Waals surface area contributed by atoms with Crippen LogP contribution >= 0.6 is 23.4 Å². The van der Waals surface area contributed by atoms with Crippen LogP contribution in [0.1, 0.15) is 32.6 Å². The second-order valence-corrected chi connectivity index (χ2v) is 7.47. The van der Waals surface area contributed by atoms with Crippen molar-refractivity contribution in [3.8, 4) is 0 Å². The number of rotatable bonds is 5. The molecular formula is C16H22ClNO2S. The fourth-order valence-electron chi connectivity index (χ4n) is 2.58. The second kappa shape index (κ2) is 8.06. The quantitative estimate of drug-likeness (QED) is 0.814. The van der Waals surface area contributed by atoms with Crippen LogP contribution in [0.2, 0.25) is 5.02 Å². The third-order valence-corrected chi connectivity index (χ3v) is 5.31. The van der Waals surface area contributed by atoms with Gasteiger partial charge in [-0.25, -0.2) is 0 Å². The summed E-state index contributed by atoms with van der Waals surface area (Å²) in [6, 6.07) is 7.80. The fraction of sp³-hybridized carbons (Fsp3) is 0.562. The molecule has 1 aliphatic carbocycles. The van der Waals surface area contributed by atoms with E-state index in [1.54, 1.807) is 11.8 Å². The lowest BCUT2D eigenvalue weighted by molar-refractivity contribution is -0.121. The van der Waals surface area contributed by atoms with E-state index in [2.05, 4.69) is 5.32 Å². The second-order valence-electron chi connectivity index (χ2n) is 5.62. The molecule has 0 saturated heterocycles. The third-order valence-electron chi connectivity index (χ3n) is 3.95. The van der Waals surface area contributed by atoms with Crippen molar-refractivity contribution in [2.45, 2.75) is 48.8 Å².